The smallest absolute Gasteiger partial charge is 0.223 e. The van der Waals surface area contributed by atoms with E-state index >= 15 is 0 Å². The van der Waals surface area contributed by atoms with Gasteiger partial charge in [0.05, 0.1) is 6.04 Å². The summed E-state index contributed by atoms with van der Waals surface area (Å²) in [6.45, 7) is 4.06. The molecule has 0 saturated carbocycles. The number of benzene rings is 1. The van der Waals surface area contributed by atoms with E-state index in [2.05, 4.69) is 5.32 Å². The van der Waals surface area contributed by atoms with Gasteiger partial charge in [-0.15, -0.1) is 12.4 Å². The molecule has 1 amide bonds. The first-order valence-corrected chi connectivity index (χ1v) is 8.96. The molecule has 0 radical (unpaired) electrons. The van der Waals surface area contributed by atoms with E-state index in [1.54, 1.807) is 0 Å². The Hall–Kier alpha value is -0.810. The van der Waals surface area contributed by atoms with Gasteiger partial charge in [-0.25, -0.2) is 0 Å². The summed E-state index contributed by atoms with van der Waals surface area (Å²) in [6.07, 6.45) is 3.78. The predicted octanol–water partition coefficient (Wildman–Crippen LogP) is 3.44. The number of halogens is 2. The Kier molecular flexibility index (Phi) is 7.82. The summed E-state index contributed by atoms with van der Waals surface area (Å²) in [5.41, 5.74) is 1.04. The maximum atomic E-state index is 12.8. The Morgan fingerprint density at radius 3 is 2.79 bits per heavy atom. The zero-order chi connectivity index (χ0) is 16.1. The largest absolute Gasteiger partial charge is 0.381 e. The van der Waals surface area contributed by atoms with Gasteiger partial charge < -0.3 is 15.0 Å². The van der Waals surface area contributed by atoms with Gasteiger partial charge in [-0.2, -0.15) is 0 Å². The quantitative estimate of drug-likeness (QED) is 0.879. The summed E-state index contributed by atoms with van der Waals surface area (Å²) in [7, 11) is 0. The van der Waals surface area contributed by atoms with Crippen molar-refractivity contribution in [2.45, 2.75) is 31.7 Å². The molecule has 2 fully saturated rings. The lowest BCUT2D eigenvalue weighted by atomic mass is 9.94. The summed E-state index contributed by atoms with van der Waals surface area (Å²) >= 11 is 6.35. The van der Waals surface area contributed by atoms with Gasteiger partial charge in [0.2, 0.25) is 5.91 Å². The SMILES string of the molecule is Cl.O=C(CCC1CCOCC1)N1CCNCC1c1ccccc1Cl. The fraction of sp³-hybridized carbons (Fsp3) is 0.611. The van der Waals surface area contributed by atoms with Crippen molar-refractivity contribution < 1.29 is 9.53 Å². The molecule has 1 aromatic carbocycles. The summed E-state index contributed by atoms with van der Waals surface area (Å²) in [4.78, 5) is 14.8. The van der Waals surface area contributed by atoms with E-state index in [1.165, 1.54) is 0 Å². The fourth-order valence-electron chi connectivity index (χ4n) is 3.53. The fourth-order valence-corrected chi connectivity index (χ4v) is 3.79. The van der Waals surface area contributed by atoms with Crippen molar-refractivity contribution in [2.75, 3.05) is 32.8 Å². The summed E-state index contributed by atoms with van der Waals surface area (Å²) < 4.78 is 5.39. The average Bonchev–Trinajstić information content (AvgIpc) is 2.61. The number of nitrogens with one attached hydrogen (secondary N) is 1. The minimum absolute atomic E-state index is 0. The van der Waals surface area contributed by atoms with Crippen molar-refractivity contribution in [3.8, 4) is 0 Å². The van der Waals surface area contributed by atoms with E-state index in [-0.39, 0.29) is 24.4 Å². The second-order valence-corrected chi connectivity index (χ2v) is 6.83. The number of carbonyl (C=O) groups excluding carboxylic acids is 1. The average molecular weight is 373 g/mol. The van der Waals surface area contributed by atoms with Gasteiger partial charge in [-0.1, -0.05) is 29.8 Å². The van der Waals surface area contributed by atoms with Crippen LogP contribution < -0.4 is 5.32 Å². The second-order valence-electron chi connectivity index (χ2n) is 6.42. The van der Waals surface area contributed by atoms with Gasteiger partial charge >= 0.3 is 0 Å². The van der Waals surface area contributed by atoms with Crippen LogP contribution in [0.15, 0.2) is 24.3 Å². The highest BCUT2D eigenvalue weighted by atomic mass is 35.5. The molecular weight excluding hydrogens is 347 g/mol. The lowest BCUT2D eigenvalue weighted by Crippen LogP contribution is -2.48. The number of hydrogen-bond donors (Lipinski definition) is 1. The Bertz CT molecular complexity index is 536. The third-order valence-corrected chi connectivity index (χ3v) is 5.28. The van der Waals surface area contributed by atoms with Crippen LogP contribution in [0.5, 0.6) is 0 Å². The lowest BCUT2D eigenvalue weighted by Gasteiger charge is -2.37. The highest BCUT2D eigenvalue weighted by Crippen LogP contribution is 2.29. The molecule has 3 rings (SSSR count). The molecule has 0 aromatic heterocycles. The molecule has 1 atom stereocenters. The van der Waals surface area contributed by atoms with Crippen LogP contribution in [-0.4, -0.2) is 43.7 Å². The number of rotatable bonds is 4. The summed E-state index contributed by atoms with van der Waals surface area (Å²) in [5.74, 6) is 0.886. The highest BCUT2D eigenvalue weighted by molar-refractivity contribution is 6.31. The van der Waals surface area contributed by atoms with E-state index in [0.717, 1.165) is 62.7 Å². The van der Waals surface area contributed by atoms with Crippen LogP contribution in [0.2, 0.25) is 5.02 Å². The maximum Gasteiger partial charge on any atom is 0.223 e. The van der Waals surface area contributed by atoms with Crippen molar-refractivity contribution in [2.24, 2.45) is 5.92 Å². The topological polar surface area (TPSA) is 41.6 Å². The summed E-state index contributed by atoms with van der Waals surface area (Å²) in [5, 5.41) is 4.12. The molecule has 6 heteroatoms. The molecule has 0 bridgehead atoms. The Morgan fingerprint density at radius 1 is 1.29 bits per heavy atom. The standard InChI is InChI=1S/C18H25ClN2O2.ClH/c19-16-4-2-1-3-15(16)17-13-20-9-10-21(17)18(22)6-5-14-7-11-23-12-8-14;/h1-4,14,17,20H,5-13H2;1H. The number of carbonyl (C=O) groups is 1. The van der Waals surface area contributed by atoms with Crippen molar-refractivity contribution in [1.29, 1.82) is 0 Å². The molecule has 0 spiro atoms. The van der Waals surface area contributed by atoms with Gasteiger partial charge in [-0.05, 0) is 36.8 Å². The Morgan fingerprint density at radius 2 is 2.04 bits per heavy atom. The van der Waals surface area contributed by atoms with Crippen LogP contribution in [0.25, 0.3) is 0 Å². The number of hydrogen-bond acceptors (Lipinski definition) is 3. The minimum atomic E-state index is 0. The van der Waals surface area contributed by atoms with Gasteiger partial charge in [0.15, 0.2) is 0 Å². The van der Waals surface area contributed by atoms with Crippen molar-refractivity contribution >= 4 is 29.9 Å². The van der Waals surface area contributed by atoms with Crippen LogP contribution >= 0.6 is 24.0 Å². The maximum absolute atomic E-state index is 12.8. The van der Waals surface area contributed by atoms with E-state index < -0.39 is 0 Å². The Balaban J connectivity index is 0.00000208. The molecule has 1 N–H and O–H groups in total. The van der Waals surface area contributed by atoms with Crippen LogP contribution in [0.3, 0.4) is 0 Å². The van der Waals surface area contributed by atoms with Crippen LogP contribution in [-0.2, 0) is 9.53 Å². The first-order valence-electron chi connectivity index (χ1n) is 8.58. The number of ether oxygens (including phenoxy) is 1. The summed E-state index contributed by atoms with van der Waals surface area (Å²) in [6, 6.07) is 7.88. The van der Waals surface area contributed by atoms with Crippen molar-refractivity contribution in [1.82, 2.24) is 10.2 Å². The van der Waals surface area contributed by atoms with Crippen LogP contribution in [0.4, 0.5) is 0 Å². The molecule has 2 aliphatic heterocycles. The predicted molar refractivity (Wildman–Crippen MR) is 98.8 cm³/mol. The van der Waals surface area contributed by atoms with Crippen molar-refractivity contribution in [3.63, 3.8) is 0 Å². The number of piperazine rings is 1. The van der Waals surface area contributed by atoms with E-state index in [4.69, 9.17) is 16.3 Å². The molecule has 4 nitrogen and oxygen atoms in total. The first-order chi connectivity index (χ1) is 11.3. The van der Waals surface area contributed by atoms with Gasteiger partial charge in [0.25, 0.3) is 0 Å². The lowest BCUT2D eigenvalue weighted by molar-refractivity contribution is -0.135. The number of nitrogens with zero attached hydrogens (tertiary/aromatic N) is 1. The third kappa shape index (κ3) is 4.85. The molecule has 2 aliphatic rings. The molecule has 1 unspecified atom stereocenters. The number of amides is 1. The third-order valence-electron chi connectivity index (χ3n) is 4.94. The molecule has 1 aromatic rings. The first kappa shape index (κ1) is 19.5. The van der Waals surface area contributed by atoms with Gasteiger partial charge in [0.1, 0.15) is 0 Å². The normalized spacial score (nSPS) is 22.0. The molecule has 2 saturated heterocycles. The highest BCUT2D eigenvalue weighted by Gasteiger charge is 2.29. The zero-order valence-electron chi connectivity index (χ0n) is 13.9. The van der Waals surface area contributed by atoms with Gasteiger partial charge in [0, 0.05) is 44.3 Å². The van der Waals surface area contributed by atoms with E-state index in [1.807, 2.05) is 29.2 Å². The van der Waals surface area contributed by atoms with Crippen molar-refractivity contribution in [3.05, 3.63) is 34.9 Å². The molecule has 24 heavy (non-hydrogen) atoms. The Labute approximate surface area is 155 Å². The van der Waals surface area contributed by atoms with E-state index in [0.29, 0.717) is 12.3 Å². The molecule has 0 aliphatic carbocycles. The second kappa shape index (κ2) is 9.62. The molecule has 2 heterocycles. The zero-order valence-corrected chi connectivity index (χ0v) is 15.5. The van der Waals surface area contributed by atoms with E-state index in [9.17, 15) is 4.79 Å². The minimum Gasteiger partial charge on any atom is -0.381 e. The molecule has 134 valence electrons. The van der Waals surface area contributed by atoms with Crippen LogP contribution in [0, 0.1) is 5.92 Å². The molecular formula is C18H26Cl2N2O2. The van der Waals surface area contributed by atoms with Gasteiger partial charge in [-0.3, -0.25) is 4.79 Å². The van der Waals surface area contributed by atoms with Crippen LogP contribution in [0.1, 0.15) is 37.3 Å². The monoisotopic (exact) mass is 372 g/mol.